The van der Waals surface area contributed by atoms with E-state index < -0.39 is 0 Å². The predicted molar refractivity (Wildman–Crippen MR) is 85.8 cm³/mol. The molecule has 1 aromatic heterocycles. The normalized spacial score (nSPS) is 13.2. The summed E-state index contributed by atoms with van der Waals surface area (Å²) >= 11 is 0. The fourth-order valence-corrected chi connectivity index (χ4v) is 2.50. The molecule has 0 amide bonds. The molecule has 1 aromatic carbocycles. The quantitative estimate of drug-likeness (QED) is 0.945. The lowest BCUT2D eigenvalue weighted by Crippen LogP contribution is -2.17. The molecule has 0 saturated heterocycles. The minimum Gasteiger partial charge on any atom is -0.494 e. The van der Waals surface area contributed by atoms with Crippen molar-refractivity contribution in [1.29, 1.82) is 0 Å². The van der Waals surface area contributed by atoms with Gasteiger partial charge in [-0.05, 0) is 23.8 Å². The van der Waals surface area contributed by atoms with Gasteiger partial charge in [0.25, 0.3) is 0 Å². The van der Waals surface area contributed by atoms with Gasteiger partial charge in [-0.2, -0.15) is 5.10 Å². The Hall–Kier alpha value is -1.88. The van der Waals surface area contributed by atoms with Crippen LogP contribution < -0.4 is 10.5 Å². The van der Waals surface area contributed by atoms with Gasteiger partial charge in [-0.15, -0.1) is 0 Å². The number of nitrogens with zero attached hydrogens (tertiary/aromatic N) is 2. The second kappa shape index (κ2) is 6.08. The van der Waals surface area contributed by atoms with Crippen LogP contribution in [0, 0.1) is 5.82 Å². The van der Waals surface area contributed by atoms with E-state index >= 15 is 0 Å². The maximum absolute atomic E-state index is 14.0. The number of ether oxygens (including phenoxy) is 1. The van der Waals surface area contributed by atoms with Crippen LogP contribution in [-0.4, -0.2) is 23.4 Å². The van der Waals surface area contributed by atoms with Crippen molar-refractivity contribution in [2.45, 2.75) is 32.1 Å². The molecule has 1 heterocycles. The molecule has 0 radical (unpaired) electrons. The zero-order valence-corrected chi connectivity index (χ0v) is 13.9. The molecule has 1 unspecified atom stereocenters. The van der Waals surface area contributed by atoms with Gasteiger partial charge in [0.1, 0.15) is 0 Å². The third-order valence-electron chi connectivity index (χ3n) is 3.86. The van der Waals surface area contributed by atoms with Gasteiger partial charge >= 0.3 is 0 Å². The first-order valence-electron chi connectivity index (χ1n) is 7.36. The molecule has 2 N–H and O–H groups in total. The molecule has 0 saturated carbocycles. The van der Waals surface area contributed by atoms with E-state index in [9.17, 15) is 4.39 Å². The zero-order chi connectivity index (χ0) is 16.5. The third kappa shape index (κ3) is 3.14. The number of nitrogens with two attached hydrogens (primary N) is 1. The zero-order valence-electron chi connectivity index (χ0n) is 13.9. The van der Waals surface area contributed by atoms with Crippen LogP contribution in [-0.2, 0) is 12.5 Å². The summed E-state index contributed by atoms with van der Waals surface area (Å²) in [7, 11) is 3.35. The van der Waals surface area contributed by atoms with Crippen molar-refractivity contribution in [2.24, 2.45) is 12.8 Å². The van der Waals surface area contributed by atoms with Crippen LogP contribution in [0.3, 0.4) is 0 Å². The van der Waals surface area contributed by atoms with Crippen LogP contribution in [0.4, 0.5) is 4.39 Å². The highest BCUT2D eigenvalue weighted by molar-refractivity contribution is 5.36. The van der Waals surface area contributed by atoms with Crippen molar-refractivity contribution in [1.82, 2.24) is 9.78 Å². The largest absolute Gasteiger partial charge is 0.494 e. The fraction of sp³-hybridized carbons (Fsp3) is 0.471. The van der Waals surface area contributed by atoms with Gasteiger partial charge in [0.15, 0.2) is 11.6 Å². The molecule has 2 aromatic rings. The Balaban J connectivity index is 2.44. The van der Waals surface area contributed by atoms with Crippen LogP contribution >= 0.6 is 0 Å². The highest BCUT2D eigenvalue weighted by atomic mass is 19.1. The Morgan fingerprint density at radius 3 is 2.45 bits per heavy atom. The van der Waals surface area contributed by atoms with Crippen molar-refractivity contribution in [3.63, 3.8) is 0 Å². The molecule has 0 bridgehead atoms. The Labute approximate surface area is 131 Å². The maximum atomic E-state index is 14.0. The van der Waals surface area contributed by atoms with Gasteiger partial charge < -0.3 is 10.5 Å². The second-order valence-electron chi connectivity index (χ2n) is 6.51. The highest BCUT2D eigenvalue weighted by Gasteiger charge is 2.23. The van der Waals surface area contributed by atoms with Crippen LogP contribution in [0.2, 0.25) is 0 Å². The summed E-state index contributed by atoms with van der Waals surface area (Å²) in [6, 6.07) is 7.03. The number of rotatable bonds is 4. The average molecular weight is 305 g/mol. The lowest BCUT2D eigenvalue weighted by Gasteiger charge is -2.16. The average Bonchev–Trinajstić information content (AvgIpc) is 2.82. The van der Waals surface area contributed by atoms with E-state index in [-0.39, 0.29) is 22.9 Å². The number of aromatic nitrogens is 2. The molecular weight excluding hydrogens is 281 g/mol. The van der Waals surface area contributed by atoms with Crippen LogP contribution in [0.1, 0.15) is 43.6 Å². The molecular formula is C17H24FN3O. The minimum atomic E-state index is -0.378. The van der Waals surface area contributed by atoms with Crippen molar-refractivity contribution >= 4 is 0 Å². The van der Waals surface area contributed by atoms with E-state index in [1.807, 2.05) is 17.8 Å². The van der Waals surface area contributed by atoms with Gasteiger partial charge in [0.2, 0.25) is 0 Å². The number of hydrogen-bond acceptors (Lipinski definition) is 3. The molecule has 0 spiro atoms. The first-order chi connectivity index (χ1) is 10.3. The molecule has 2 rings (SSSR count). The third-order valence-corrected chi connectivity index (χ3v) is 3.86. The van der Waals surface area contributed by atoms with E-state index in [4.69, 9.17) is 10.5 Å². The summed E-state index contributed by atoms with van der Waals surface area (Å²) in [5, 5.41) is 4.58. The van der Waals surface area contributed by atoms with Gasteiger partial charge in [-0.25, -0.2) is 4.39 Å². The van der Waals surface area contributed by atoms with Gasteiger partial charge in [0.05, 0.1) is 12.8 Å². The maximum Gasteiger partial charge on any atom is 0.165 e. The first-order valence-corrected chi connectivity index (χ1v) is 7.36. The molecule has 1 atom stereocenters. The molecule has 0 fully saturated rings. The van der Waals surface area contributed by atoms with Gasteiger partial charge in [-0.3, -0.25) is 4.68 Å². The first kappa shape index (κ1) is 16.5. The Morgan fingerprint density at radius 2 is 2.00 bits per heavy atom. The summed E-state index contributed by atoms with van der Waals surface area (Å²) in [6.45, 7) is 6.73. The summed E-state index contributed by atoms with van der Waals surface area (Å²) < 4.78 is 20.8. The summed E-state index contributed by atoms with van der Waals surface area (Å²) in [5.74, 6) is -0.245. The number of halogens is 1. The molecule has 120 valence electrons. The number of benzene rings is 1. The summed E-state index contributed by atoms with van der Waals surface area (Å²) in [6.07, 6.45) is 0. The number of hydrogen-bond donors (Lipinski definition) is 1. The highest BCUT2D eigenvalue weighted by Crippen LogP contribution is 2.30. The minimum absolute atomic E-state index is 0.0414. The van der Waals surface area contributed by atoms with Crippen LogP contribution in [0.25, 0.3) is 0 Å². The predicted octanol–water partition coefficient (Wildman–Crippen LogP) is 2.96. The molecule has 0 aliphatic rings. The fourth-order valence-electron chi connectivity index (χ4n) is 2.50. The molecule has 0 aliphatic carbocycles. The lowest BCUT2D eigenvalue weighted by molar-refractivity contribution is 0.386. The van der Waals surface area contributed by atoms with Crippen molar-refractivity contribution < 1.29 is 9.13 Å². The van der Waals surface area contributed by atoms with E-state index in [0.29, 0.717) is 6.54 Å². The Kier molecular flexibility index (Phi) is 4.56. The summed E-state index contributed by atoms with van der Waals surface area (Å²) in [5.41, 5.74) is 8.71. The number of methoxy groups -OCH3 is 1. The van der Waals surface area contributed by atoms with Crippen molar-refractivity contribution in [3.05, 3.63) is 47.0 Å². The van der Waals surface area contributed by atoms with Gasteiger partial charge in [0, 0.05) is 30.6 Å². The lowest BCUT2D eigenvalue weighted by atomic mass is 9.90. The van der Waals surface area contributed by atoms with Crippen LogP contribution in [0.15, 0.2) is 24.3 Å². The van der Waals surface area contributed by atoms with Crippen molar-refractivity contribution in [2.75, 3.05) is 13.7 Å². The molecule has 22 heavy (non-hydrogen) atoms. The monoisotopic (exact) mass is 305 g/mol. The molecule has 0 aliphatic heterocycles. The molecule has 4 nitrogen and oxygen atoms in total. The second-order valence-corrected chi connectivity index (χ2v) is 6.51. The van der Waals surface area contributed by atoms with Crippen LogP contribution in [0.5, 0.6) is 5.75 Å². The van der Waals surface area contributed by atoms with E-state index in [1.165, 1.54) is 13.2 Å². The summed E-state index contributed by atoms with van der Waals surface area (Å²) in [4.78, 5) is 0. The molecule has 5 heteroatoms. The standard InChI is InChI=1S/C17H24FN3O/c1-17(2,3)16-9-14(21(4)20-16)12(10-19)11-6-7-15(22-5)13(18)8-11/h6-9,12H,10,19H2,1-5H3. The van der Waals surface area contributed by atoms with E-state index in [0.717, 1.165) is 17.0 Å². The van der Waals surface area contributed by atoms with E-state index in [2.05, 4.69) is 31.9 Å². The van der Waals surface area contributed by atoms with Gasteiger partial charge in [-0.1, -0.05) is 26.8 Å². The Morgan fingerprint density at radius 1 is 1.32 bits per heavy atom. The van der Waals surface area contributed by atoms with E-state index in [1.54, 1.807) is 6.07 Å². The topological polar surface area (TPSA) is 53.1 Å². The smallest absolute Gasteiger partial charge is 0.165 e. The van der Waals surface area contributed by atoms with Crippen molar-refractivity contribution in [3.8, 4) is 5.75 Å². The SMILES string of the molecule is COc1ccc(C(CN)c2cc(C(C)(C)C)nn2C)cc1F. The number of aryl methyl sites for hydroxylation is 1. The Bertz CT molecular complexity index is 658.